The van der Waals surface area contributed by atoms with E-state index in [4.69, 9.17) is 0 Å². The summed E-state index contributed by atoms with van der Waals surface area (Å²) < 4.78 is 0. The van der Waals surface area contributed by atoms with Crippen molar-refractivity contribution in [1.82, 2.24) is 29.9 Å². The number of ketones is 4. The number of nitrogens with zero attached hydrogens (tertiary/aromatic N) is 6. The van der Waals surface area contributed by atoms with Gasteiger partial charge < -0.3 is 31.9 Å². The van der Waals surface area contributed by atoms with E-state index in [1.807, 2.05) is 123 Å². The zero-order chi connectivity index (χ0) is 44.2. The second-order valence-corrected chi connectivity index (χ2v) is 14.7. The molecule has 0 aliphatic rings. The SMILES string of the molecule is CC(=O)CC(Nc1nc(Nc2ccccc2)nc(Nc2ccc(C=Cc3ccc(Nc4nc(Nc5ccccc5)nc(NC(CC(C)=O)C(C)=O)n4)cc3C)c(C)c2)n1)C(C)=O. The first-order valence-corrected chi connectivity index (χ1v) is 19.9. The summed E-state index contributed by atoms with van der Waals surface area (Å²) in [6.45, 7) is 9.70. The summed E-state index contributed by atoms with van der Waals surface area (Å²) in [5.74, 6) is 0.546. The van der Waals surface area contributed by atoms with E-state index in [0.717, 1.165) is 45.0 Å². The van der Waals surface area contributed by atoms with Gasteiger partial charge in [0.1, 0.15) is 11.6 Å². The Labute approximate surface area is 359 Å². The van der Waals surface area contributed by atoms with Gasteiger partial charge >= 0.3 is 0 Å². The van der Waals surface area contributed by atoms with Crippen LogP contribution in [0.15, 0.2) is 97.1 Å². The first kappa shape index (κ1) is 43.7. The lowest BCUT2D eigenvalue weighted by Gasteiger charge is -2.16. The van der Waals surface area contributed by atoms with E-state index in [0.29, 0.717) is 0 Å². The molecule has 2 heterocycles. The van der Waals surface area contributed by atoms with Crippen LogP contribution in [0, 0.1) is 13.8 Å². The third-order valence-corrected chi connectivity index (χ3v) is 9.40. The first-order valence-electron chi connectivity index (χ1n) is 19.9. The second-order valence-electron chi connectivity index (χ2n) is 14.7. The number of carbonyl (C=O) groups is 4. The predicted molar refractivity (Wildman–Crippen MR) is 244 cm³/mol. The van der Waals surface area contributed by atoms with Crippen LogP contribution in [0.25, 0.3) is 12.2 Å². The van der Waals surface area contributed by atoms with Crippen molar-refractivity contribution in [3.8, 4) is 0 Å². The number of carbonyl (C=O) groups excluding carboxylic acids is 4. The van der Waals surface area contributed by atoms with Gasteiger partial charge in [-0.1, -0.05) is 60.7 Å². The van der Waals surface area contributed by atoms with E-state index in [-0.39, 0.29) is 71.7 Å². The Morgan fingerprint density at radius 3 is 1.08 bits per heavy atom. The van der Waals surface area contributed by atoms with Gasteiger partial charge in [-0.3, -0.25) is 19.2 Å². The van der Waals surface area contributed by atoms with E-state index in [2.05, 4.69) is 61.8 Å². The van der Waals surface area contributed by atoms with Crippen LogP contribution in [0.2, 0.25) is 0 Å². The van der Waals surface area contributed by atoms with Crippen LogP contribution >= 0.6 is 0 Å². The van der Waals surface area contributed by atoms with E-state index < -0.39 is 12.1 Å². The number of benzene rings is 4. The number of hydrogen-bond acceptors (Lipinski definition) is 16. The number of aromatic nitrogens is 6. The zero-order valence-corrected chi connectivity index (χ0v) is 35.3. The molecule has 0 saturated carbocycles. The number of para-hydroxylation sites is 2. The highest BCUT2D eigenvalue weighted by molar-refractivity contribution is 5.91. The molecule has 0 amide bonds. The number of anilines is 10. The van der Waals surface area contributed by atoms with Gasteiger partial charge in [0.2, 0.25) is 35.7 Å². The maximum Gasteiger partial charge on any atom is 0.233 e. The number of aryl methyl sites for hydroxylation is 2. The molecule has 0 aliphatic carbocycles. The summed E-state index contributed by atoms with van der Waals surface area (Å²) in [6.07, 6.45) is 4.08. The Balaban J connectivity index is 1.18. The summed E-state index contributed by atoms with van der Waals surface area (Å²) in [5.41, 5.74) is 6.96. The van der Waals surface area contributed by atoms with Crippen LogP contribution in [-0.2, 0) is 19.2 Å². The molecule has 0 bridgehead atoms. The average Bonchev–Trinajstić information content (AvgIpc) is 3.21. The molecule has 6 N–H and O–H groups in total. The van der Waals surface area contributed by atoms with Gasteiger partial charge in [-0.15, -0.1) is 0 Å². The van der Waals surface area contributed by atoms with Gasteiger partial charge in [-0.25, -0.2) is 0 Å². The van der Waals surface area contributed by atoms with Gasteiger partial charge in [0.05, 0.1) is 12.1 Å². The van der Waals surface area contributed by atoms with Crippen molar-refractivity contribution in [3.63, 3.8) is 0 Å². The fraction of sp³-hybridized carbons (Fsp3) is 0.217. The molecule has 4 aromatic carbocycles. The van der Waals surface area contributed by atoms with Gasteiger partial charge in [-0.2, -0.15) is 29.9 Å². The normalized spacial score (nSPS) is 11.9. The van der Waals surface area contributed by atoms with Crippen LogP contribution in [-0.4, -0.2) is 65.1 Å². The molecule has 2 unspecified atom stereocenters. The van der Waals surface area contributed by atoms with Crippen molar-refractivity contribution in [1.29, 1.82) is 0 Å². The summed E-state index contributed by atoms with van der Waals surface area (Å²) in [6, 6.07) is 29.0. The fourth-order valence-corrected chi connectivity index (χ4v) is 6.20. The molecular formula is C46H48N12O4. The monoisotopic (exact) mass is 832 g/mol. The Hall–Kier alpha value is -7.88. The molecule has 0 radical (unpaired) electrons. The summed E-state index contributed by atoms with van der Waals surface area (Å²) in [4.78, 5) is 75.5. The molecule has 2 atom stereocenters. The van der Waals surface area contributed by atoms with E-state index in [9.17, 15) is 19.2 Å². The molecule has 16 nitrogen and oxygen atoms in total. The topological polar surface area (TPSA) is 218 Å². The summed E-state index contributed by atoms with van der Waals surface area (Å²) in [5, 5.41) is 18.9. The average molecular weight is 833 g/mol. The van der Waals surface area contributed by atoms with Crippen LogP contribution in [0.4, 0.5) is 58.4 Å². The number of nitrogens with one attached hydrogen (secondary N) is 6. The standard InChI is InChI=1S/C46H48N12O4/c1-27-23-37(49-43-53-41(47-35-13-9-7-10-14-35)55-45(57-43)51-39(31(5)61)25-29(3)59)21-19-33(27)17-18-34-20-22-38(24-28(34)2)50-44-54-42(48-36-15-11-8-12-16-36)56-46(58-44)52-40(32(6)62)26-30(4)60/h7-24,39-40H,25-26H2,1-6H3,(H3,47,49,51,53,55,57)(H3,48,50,52,54,56,58). The van der Waals surface area contributed by atoms with E-state index >= 15 is 0 Å². The molecule has 6 rings (SSSR count). The van der Waals surface area contributed by atoms with Crippen LogP contribution < -0.4 is 31.9 Å². The minimum atomic E-state index is -0.785. The highest BCUT2D eigenvalue weighted by Gasteiger charge is 2.20. The van der Waals surface area contributed by atoms with Gasteiger partial charge in [0.25, 0.3) is 0 Å². The molecule has 0 saturated heterocycles. The molecule has 6 aromatic rings. The lowest BCUT2D eigenvalue weighted by Crippen LogP contribution is -2.30. The number of Topliss-reactive ketones (excluding diaryl/α,β-unsaturated/α-hetero) is 4. The molecular weight excluding hydrogens is 785 g/mol. The lowest BCUT2D eigenvalue weighted by atomic mass is 10.0. The third-order valence-electron chi connectivity index (χ3n) is 9.40. The molecule has 62 heavy (non-hydrogen) atoms. The molecule has 0 fully saturated rings. The van der Waals surface area contributed by atoms with Crippen LogP contribution in [0.5, 0.6) is 0 Å². The van der Waals surface area contributed by atoms with Gasteiger partial charge in [-0.05, 0) is 112 Å². The van der Waals surface area contributed by atoms with Crippen molar-refractivity contribution in [2.75, 3.05) is 31.9 Å². The van der Waals surface area contributed by atoms with Crippen LogP contribution in [0.3, 0.4) is 0 Å². The predicted octanol–water partition coefficient (Wildman–Crippen LogP) is 8.52. The minimum Gasteiger partial charge on any atom is -0.344 e. The van der Waals surface area contributed by atoms with Crippen molar-refractivity contribution in [2.24, 2.45) is 0 Å². The molecule has 0 spiro atoms. The van der Waals surface area contributed by atoms with Crippen molar-refractivity contribution in [2.45, 2.75) is 66.5 Å². The quantitative estimate of drug-likeness (QED) is 0.0397. The lowest BCUT2D eigenvalue weighted by molar-refractivity contribution is -0.122. The van der Waals surface area contributed by atoms with Crippen molar-refractivity contribution in [3.05, 3.63) is 119 Å². The first-order chi connectivity index (χ1) is 29.8. The maximum absolute atomic E-state index is 12.3. The van der Waals surface area contributed by atoms with Crippen molar-refractivity contribution < 1.29 is 19.2 Å². The fourth-order valence-electron chi connectivity index (χ4n) is 6.20. The molecule has 0 aliphatic heterocycles. The van der Waals surface area contributed by atoms with E-state index in [1.165, 1.54) is 27.7 Å². The zero-order valence-electron chi connectivity index (χ0n) is 35.3. The second kappa shape index (κ2) is 20.4. The Bertz CT molecular complexity index is 2420. The Morgan fingerprint density at radius 1 is 0.452 bits per heavy atom. The van der Waals surface area contributed by atoms with Gasteiger partial charge in [0.15, 0.2) is 11.6 Å². The van der Waals surface area contributed by atoms with Gasteiger partial charge in [0, 0.05) is 35.6 Å². The molecule has 2 aromatic heterocycles. The number of hydrogen-bond donors (Lipinski definition) is 6. The minimum absolute atomic E-state index is 0.00257. The molecule has 16 heteroatoms. The molecule has 316 valence electrons. The third kappa shape index (κ3) is 12.8. The highest BCUT2D eigenvalue weighted by atomic mass is 16.1. The smallest absolute Gasteiger partial charge is 0.233 e. The Kier molecular flexibility index (Phi) is 14.4. The largest absolute Gasteiger partial charge is 0.344 e. The van der Waals surface area contributed by atoms with Crippen molar-refractivity contribution >= 4 is 93.7 Å². The summed E-state index contributed by atoms with van der Waals surface area (Å²) >= 11 is 0. The maximum atomic E-state index is 12.3. The Morgan fingerprint density at radius 2 is 0.774 bits per heavy atom. The van der Waals surface area contributed by atoms with E-state index in [1.54, 1.807) is 0 Å². The number of rotatable bonds is 20. The van der Waals surface area contributed by atoms with Crippen LogP contribution in [0.1, 0.15) is 62.8 Å². The summed E-state index contributed by atoms with van der Waals surface area (Å²) in [7, 11) is 0. The highest BCUT2D eigenvalue weighted by Crippen LogP contribution is 2.26.